The Bertz CT molecular complexity index is 557. The standard InChI is InChI=1S/C17H22ClNO3/c1-17(2,3)22-16(20)19-8-13-14(9-19)15(13)10-21-12-6-4-5-11(18)7-12/h4-7,13-15H,8-10H2,1-3H3. The lowest BCUT2D eigenvalue weighted by Crippen LogP contribution is -2.37. The molecule has 4 nitrogen and oxygen atoms in total. The minimum Gasteiger partial charge on any atom is -0.493 e. The van der Waals surface area contributed by atoms with Gasteiger partial charge in [0.1, 0.15) is 11.4 Å². The molecule has 2 unspecified atom stereocenters. The van der Waals surface area contributed by atoms with E-state index in [1.54, 1.807) is 0 Å². The second-order valence-electron chi connectivity index (χ2n) is 7.15. The van der Waals surface area contributed by atoms with E-state index in [2.05, 4.69) is 0 Å². The number of carbonyl (C=O) groups excluding carboxylic acids is 1. The minimum atomic E-state index is -0.432. The third-order valence-corrected chi connectivity index (χ3v) is 4.50. The van der Waals surface area contributed by atoms with Gasteiger partial charge in [0.2, 0.25) is 0 Å². The SMILES string of the molecule is CC(C)(C)OC(=O)N1CC2C(COc3cccc(Cl)c3)C2C1. The summed E-state index contributed by atoms with van der Waals surface area (Å²) in [4.78, 5) is 13.8. The molecule has 2 aliphatic rings. The number of ether oxygens (including phenoxy) is 2. The number of halogens is 1. The molecular formula is C17H22ClNO3. The Morgan fingerprint density at radius 1 is 1.32 bits per heavy atom. The molecule has 3 rings (SSSR count). The second kappa shape index (κ2) is 5.65. The van der Waals surface area contributed by atoms with Gasteiger partial charge in [0, 0.05) is 24.0 Å². The molecule has 1 aromatic rings. The number of rotatable bonds is 3. The van der Waals surface area contributed by atoms with Crippen LogP contribution in [0.3, 0.4) is 0 Å². The van der Waals surface area contributed by atoms with Crippen molar-refractivity contribution in [1.29, 1.82) is 0 Å². The summed E-state index contributed by atoms with van der Waals surface area (Å²) < 4.78 is 11.2. The minimum absolute atomic E-state index is 0.200. The van der Waals surface area contributed by atoms with Crippen molar-refractivity contribution < 1.29 is 14.3 Å². The molecule has 1 amide bonds. The van der Waals surface area contributed by atoms with Gasteiger partial charge in [0.05, 0.1) is 6.61 Å². The molecule has 120 valence electrons. The first-order valence-corrected chi connectivity index (χ1v) is 8.07. The number of hydrogen-bond acceptors (Lipinski definition) is 3. The molecule has 0 aromatic heterocycles. The third kappa shape index (κ3) is 3.49. The Morgan fingerprint density at radius 3 is 2.59 bits per heavy atom. The fourth-order valence-corrected chi connectivity index (χ4v) is 3.30. The Balaban J connectivity index is 1.44. The highest BCUT2D eigenvalue weighted by Gasteiger charge is 2.57. The van der Waals surface area contributed by atoms with E-state index in [1.807, 2.05) is 49.9 Å². The number of piperidine rings is 1. The van der Waals surface area contributed by atoms with Crippen LogP contribution in [0.15, 0.2) is 24.3 Å². The molecule has 0 bridgehead atoms. The predicted octanol–water partition coefficient (Wildman–Crippen LogP) is 3.83. The molecule has 1 aliphatic heterocycles. The van der Waals surface area contributed by atoms with Crippen LogP contribution < -0.4 is 4.74 Å². The lowest BCUT2D eigenvalue weighted by molar-refractivity contribution is 0.0261. The first-order chi connectivity index (χ1) is 10.3. The number of likely N-dealkylation sites (tertiary alicyclic amines) is 1. The van der Waals surface area contributed by atoms with Crippen molar-refractivity contribution in [3.8, 4) is 5.75 Å². The molecular weight excluding hydrogens is 302 g/mol. The molecule has 22 heavy (non-hydrogen) atoms. The summed E-state index contributed by atoms with van der Waals surface area (Å²) in [6.45, 7) is 7.93. The number of fused-ring (bicyclic) bond motifs is 1. The molecule has 0 spiro atoms. The zero-order chi connectivity index (χ0) is 15.9. The Morgan fingerprint density at radius 2 is 2.00 bits per heavy atom. The van der Waals surface area contributed by atoms with E-state index in [9.17, 15) is 4.79 Å². The normalized spacial score (nSPS) is 26.5. The highest BCUT2D eigenvalue weighted by atomic mass is 35.5. The van der Waals surface area contributed by atoms with Gasteiger partial charge in [-0.3, -0.25) is 0 Å². The smallest absolute Gasteiger partial charge is 0.410 e. The highest BCUT2D eigenvalue weighted by Crippen LogP contribution is 2.51. The monoisotopic (exact) mass is 323 g/mol. The molecule has 1 heterocycles. The van der Waals surface area contributed by atoms with Gasteiger partial charge in [0.15, 0.2) is 0 Å². The van der Waals surface area contributed by atoms with E-state index in [-0.39, 0.29) is 6.09 Å². The zero-order valence-corrected chi connectivity index (χ0v) is 14.0. The Labute approximate surface area is 136 Å². The van der Waals surface area contributed by atoms with Gasteiger partial charge in [-0.25, -0.2) is 4.79 Å². The van der Waals surface area contributed by atoms with Crippen LogP contribution in [-0.2, 0) is 4.74 Å². The van der Waals surface area contributed by atoms with E-state index in [4.69, 9.17) is 21.1 Å². The van der Waals surface area contributed by atoms with Crippen LogP contribution >= 0.6 is 11.6 Å². The summed E-state index contributed by atoms with van der Waals surface area (Å²) in [5.41, 5.74) is -0.432. The first kappa shape index (κ1) is 15.5. The molecule has 2 atom stereocenters. The maximum absolute atomic E-state index is 12.0. The van der Waals surface area contributed by atoms with Crippen LogP contribution in [0.1, 0.15) is 20.8 Å². The zero-order valence-electron chi connectivity index (χ0n) is 13.2. The van der Waals surface area contributed by atoms with Crippen LogP contribution in [0, 0.1) is 17.8 Å². The van der Waals surface area contributed by atoms with Crippen LogP contribution in [0.5, 0.6) is 5.75 Å². The van der Waals surface area contributed by atoms with Crippen molar-refractivity contribution in [2.24, 2.45) is 17.8 Å². The molecule has 1 saturated carbocycles. The van der Waals surface area contributed by atoms with Crippen molar-refractivity contribution in [2.45, 2.75) is 26.4 Å². The number of nitrogens with zero attached hydrogens (tertiary/aromatic N) is 1. The molecule has 1 saturated heterocycles. The summed E-state index contributed by atoms with van der Waals surface area (Å²) in [5.74, 6) is 2.44. The fourth-order valence-electron chi connectivity index (χ4n) is 3.12. The summed E-state index contributed by atoms with van der Waals surface area (Å²) >= 11 is 5.94. The van der Waals surface area contributed by atoms with E-state index in [0.29, 0.717) is 29.4 Å². The molecule has 1 aliphatic carbocycles. The summed E-state index contributed by atoms with van der Waals surface area (Å²) in [5, 5.41) is 0.685. The molecule has 1 aromatic carbocycles. The molecule has 5 heteroatoms. The number of benzene rings is 1. The number of amides is 1. The van der Waals surface area contributed by atoms with Crippen molar-refractivity contribution in [3.63, 3.8) is 0 Å². The highest BCUT2D eigenvalue weighted by molar-refractivity contribution is 6.30. The molecule has 2 fully saturated rings. The summed E-state index contributed by atoms with van der Waals surface area (Å²) in [7, 11) is 0. The molecule has 0 N–H and O–H groups in total. The van der Waals surface area contributed by atoms with Gasteiger partial charge in [0.25, 0.3) is 0 Å². The van der Waals surface area contributed by atoms with Crippen LogP contribution in [-0.4, -0.2) is 36.3 Å². The quantitative estimate of drug-likeness (QED) is 0.848. The van der Waals surface area contributed by atoms with Crippen LogP contribution in [0.25, 0.3) is 0 Å². The van der Waals surface area contributed by atoms with Gasteiger partial charge in [-0.15, -0.1) is 0 Å². The number of hydrogen-bond donors (Lipinski definition) is 0. The van der Waals surface area contributed by atoms with E-state index >= 15 is 0 Å². The first-order valence-electron chi connectivity index (χ1n) is 7.70. The maximum Gasteiger partial charge on any atom is 0.410 e. The van der Waals surface area contributed by atoms with Crippen LogP contribution in [0.2, 0.25) is 5.02 Å². The summed E-state index contributed by atoms with van der Waals surface area (Å²) in [6, 6.07) is 7.46. The van der Waals surface area contributed by atoms with Crippen molar-refractivity contribution in [2.75, 3.05) is 19.7 Å². The largest absolute Gasteiger partial charge is 0.493 e. The van der Waals surface area contributed by atoms with Crippen molar-refractivity contribution in [1.82, 2.24) is 4.90 Å². The van der Waals surface area contributed by atoms with Gasteiger partial charge in [-0.05, 0) is 50.8 Å². The molecule has 0 radical (unpaired) electrons. The lowest BCUT2D eigenvalue weighted by atomic mass is 10.2. The summed E-state index contributed by atoms with van der Waals surface area (Å²) in [6.07, 6.45) is -0.200. The second-order valence-corrected chi connectivity index (χ2v) is 7.58. The topological polar surface area (TPSA) is 38.8 Å². The average molecular weight is 324 g/mol. The van der Waals surface area contributed by atoms with Crippen molar-refractivity contribution >= 4 is 17.7 Å². The van der Waals surface area contributed by atoms with E-state index in [0.717, 1.165) is 18.8 Å². The van der Waals surface area contributed by atoms with Gasteiger partial charge in [-0.2, -0.15) is 0 Å². The Kier molecular flexibility index (Phi) is 3.98. The van der Waals surface area contributed by atoms with Crippen molar-refractivity contribution in [3.05, 3.63) is 29.3 Å². The predicted molar refractivity (Wildman–Crippen MR) is 85.2 cm³/mol. The van der Waals surface area contributed by atoms with Crippen LogP contribution in [0.4, 0.5) is 4.79 Å². The Hall–Kier alpha value is -1.42. The number of carbonyl (C=O) groups is 1. The van der Waals surface area contributed by atoms with Gasteiger partial charge >= 0.3 is 6.09 Å². The van der Waals surface area contributed by atoms with E-state index < -0.39 is 5.60 Å². The average Bonchev–Trinajstić information content (AvgIpc) is 2.86. The fraction of sp³-hybridized carbons (Fsp3) is 0.588. The van der Waals surface area contributed by atoms with Gasteiger partial charge < -0.3 is 14.4 Å². The lowest BCUT2D eigenvalue weighted by Gasteiger charge is -2.25. The third-order valence-electron chi connectivity index (χ3n) is 4.26. The van der Waals surface area contributed by atoms with Gasteiger partial charge in [-0.1, -0.05) is 17.7 Å². The van der Waals surface area contributed by atoms with E-state index in [1.165, 1.54) is 0 Å². The maximum atomic E-state index is 12.0.